The van der Waals surface area contributed by atoms with E-state index in [1.807, 2.05) is 0 Å². The molecule has 2 rings (SSSR count). The molecule has 1 heterocycles. The summed E-state index contributed by atoms with van der Waals surface area (Å²) < 4.78 is 37.4. The van der Waals surface area contributed by atoms with Gasteiger partial charge in [-0.2, -0.15) is 4.31 Å². The lowest BCUT2D eigenvalue weighted by Crippen LogP contribution is -2.31. The number of hydrogen-bond acceptors (Lipinski definition) is 7. The first-order chi connectivity index (χ1) is 13.2. The predicted octanol–water partition coefficient (Wildman–Crippen LogP) is 3.35. The Bertz CT molecular complexity index is 965. The summed E-state index contributed by atoms with van der Waals surface area (Å²) in [6.45, 7) is 3.67. The van der Waals surface area contributed by atoms with Gasteiger partial charge in [-0.25, -0.2) is 18.0 Å². The highest BCUT2D eigenvalue weighted by molar-refractivity contribution is 7.89. The molecule has 0 aliphatic heterocycles. The summed E-state index contributed by atoms with van der Waals surface area (Å²) in [6.07, 6.45) is 1.44. The number of thiophene rings is 1. The van der Waals surface area contributed by atoms with Crippen molar-refractivity contribution in [2.45, 2.75) is 11.4 Å². The fourth-order valence-electron chi connectivity index (χ4n) is 2.37. The Kier molecular flexibility index (Phi) is 7.36. The van der Waals surface area contributed by atoms with Crippen LogP contribution in [0, 0.1) is 0 Å². The van der Waals surface area contributed by atoms with Crippen LogP contribution in [0.4, 0.5) is 0 Å². The number of rotatable bonds is 8. The van der Waals surface area contributed by atoms with Crippen molar-refractivity contribution in [2.24, 2.45) is 0 Å². The number of sulfonamides is 1. The van der Waals surface area contributed by atoms with Crippen LogP contribution in [-0.4, -0.2) is 45.4 Å². The molecule has 7 nitrogen and oxygen atoms in total. The molecule has 0 aliphatic rings. The Morgan fingerprint density at radius 1 is 1.14 bits per heavy atom. The van der Waals surface area contributed by atoms with Crippen molar-refractivity contribution in [2.75, 3.05) is 20.8 Å². The maximum Gasteiger partial charge on any atom is 0.337 e. The summed E-state index contributed by atoms with van der Waals surface area (Å²) in [6, 6.07) is 6.93. The van der Waals surface area contributed by atoms with Gasteiger partial charge in [-0.3, -0.25) is 0 Å². The van der Waals surface area contributed by atoms with Crippen LogP contribution in [0.15, 0.2) is 47.9 Å². The van der Waals surface area contributed by atoms with E-state index in [0.29, 0.717) is 4.34 Å². The first-order valence-electron chi connectivity index (χ1n) is 7.90. The van der Waals surface area contributed by atoms with E-state index in [-0.39, 0.29) is 29.1 Å². The minimum atomic E-state index is -4.07. The number of esters is 2. The van der Waals surface area contributed by atoms with Crippen molar-refractivity contribution in [3.05, 3.63) is 63.3 Å². The van der Waals surface area contributed by atoms with Gasteiger partial charge in [-0.15, -0.1) is 17.9 Å². The van der Waals surface area contributed by atoms with E-state index < -0.39 is 22.0 Å². The molecule has 0 N–H and O–H groups in total. The second-order valence-corrected chi connectivity index (χ2v) is 9.26. The molecular weight excluding hydrogens is 426 g/mol. The minimum Gasteiger partial charge on any atom is -0.465 e. The number of carbonyl (C=O) groups excluding carboxylic acids is 2. The van der Waals surface area contributed by atoms with Crippen molar-refractivity contribution in [3.63, 3.8) is 0 Å². The Balaban J connectivity index is 2.54. The lowest BCUT2D eigenvalue weighted by atomic mass is 10.1. The van der Waals surface area contributed by atoms with Gasteiger partial charge in [0.1, 0.15) is 0 Å². The monoisotopic (exact) mass is 443 g/mol. The zero-order valence-corrected chi connectivity index (χ0v) is 17.6. The van der Waals surface area contributed by atoms with E-state index in [9.17, 15) is 18.0 Å². The summed E-state index contributed by atoms with van der Waals surface area (Å²) in [4.78, 5) is 24.4. The highest BCUT2D eigenvalue weighted by atomic mass is 35.5. The van der Waals surface area contributed by atoms with Crippen molar-refractivity contribution < 1.29 is 27.5 Å². The van der Waals surface area contributed by atoms with Gasteiger partial charge in [0.15, 0.2) is 0 Å². The van der Waals surface area contributed by atoms with Crippen molar-refractivity contribution in [3.8, 4) is 0 Å². The maximum absolute atomic E-state index is 13.2. The van der Waals surface area contributed by atoms with E-state index in [4.69, 9.17) is 11.6 Å². The van der Waals surface area contributed by atoms with Crippen LogP contribution in [0.3, 0.4) is 0 Å². The second kappa shape index (κ2) is 9.33. The number of carbonyl (C=O) groups is 2. The number of nitrogens with zero attached hydrogens (tertiary/aromatic N) is 1. The number of hydrogen-bond donors (Lipinski definition) is 0. The summed E-state index contributed by atoms with van der Waals surface area (Å²) in [5.74, 6) is -1.55. The molecule has 0 saturated carbocycles. The fourth-order valence-corrected chi connectivity index (χ4v) is 5.02. The molecular formula is C18H18ClNO6S2. The zero-order chi connectivity index (χ0) is 20.9. The maximum atomic E-state index is 13.2. The van der Waals surface area contributed by atoms with Crippen molar-refractivity contribution >= 4 is 44.9 Å². The van der Waals surface area contributed by atoms with Gasteiger partial charge in [0, 0.05) is 18.0 Å². The van der Waals surface area contributed by atoms with E-state index in [0.717, 1.165) is 31.2 Å². The van der Waals surface area contributed by atoms with Crippen LogP contribution in [0.25, 0.3) is 0 Å². The molecule has 0 fully saturated rings. The molecule has 0 aliphatic carbocycles. The summed E-state index contributed by atoms with van der Waals surface area (Å²) in [7, 11) is -1.75. The van der Waals surface area contributed by atoms with Crippen LogP contribution in [0.5, 0.6) is 0 Å². The smallest absolute Gasteiger partial charge is 0.337 e. The molecule has 1 aromatic heterocycles. The molecule has 0 radical (unpaired) electrons. The second-order valence-electron chi connectivity index (χ2n) is 5.52. The standard InChI is InChI=1S/C18H18ClNO6S2/c1-4-7-20(11-14-5-6-16(19)27-14)28(23,24)15-9-12(17(21)25-2)8-13(10-15)18(22)26-3/h4-6,8-10H,1,7,11H2,2-3H3. The number of methoxy groups -OCH3 is 2. The van der Waals surface area contributed by atoms with Crippen LogP contribution in [0.2, 0.25) is 4.34 Å². The van der Waals surface area contributed by atoms with E-state index >= 15 is 0 Å². The van der Waals surface area contributed by atoms with Gasteiger partial charge >= 0.3 is 11.9 Å². The molecule has 28 heavy (non-hydrogen) atoms. The molecule has 150 valence electrons. The average molecular weight is 444 g/mol. The number of benzene rings is 1. The quantitative estimate of drug-likeness (QED) is 0.459. The van der Waals surface area contributed by atoms with E-state index in [1.54, 1.807) is 12.1 Å². The van der Waals surface area contributed by atoms with Gasteiger partial charge in [0.05, 0.1) is 34.6 Å². The van der Waals surface area contributed by atoms with Crippen molar-refractivity contribution in [1.29, 1.82) is 0 Å². The van der Waals surface area contributed by atoms with Crippen LogP contribution in [0.1, 0.15) is 25.6 Å². The molecule has 2 aromatic rings. The van der Waals surface area contributed by atoms with E-state index in [2.05, 4.69) is 16.1 Å². The predicted molar refractivity (Wildman–Crippen MR) is 106 cm³/mol. The van der Waals surface area contributed by atoms with Gasteiger partial charge in [-0.1, -0.05) is 17.7 Å². The lowest BCUT2D eigenvalue weighted by Gasteiger charge is -2.21. The van der Waals surface area contributed by atoms with Gasteiger partial charge in [-0.05, 0) is 30.3 Å². The largest absolute Gasteiger partial charge is 0.465 e. The molecule has 0 bridgehead atoms. The molecule has 1 aromatic carbocycles. The Morgan fingerprint density at radius 2 is 1.71 bits per heavy atom. The summed E-state index contributed by atoms with van der Waals surface area (Å²) in [5.41, 5.74) is -0.164. The summed E-state index contributed by atoms with van der Waals surface area (Å²) in [5, 5.41) is 0. The van der Waals surface area contributed by atoms with Crippen LogP contribution in [-0.2, 0) is 26.0 Å². The molecule has 0 unspecified atom stereocenters. The molecule has 0 saturated heterocycles. The third kappa shape index (κ3) is 4.99. The normalized spacial score (nSPS) is 11.3. The van der Waals surface area contributed by atoms with E-state index in [1.165, 1.54) is 27.8 Å². The molecule has 0 amide bonds. The zero-order valence-electron chi connectivity index (χ0n) is 15.2. The van der Waals surface area contributed by atoms with Gasteiger partial charge < -0.3 is 9.47 Å². The highest BCUT2D eigenvalue weighted by Gasteiger charge is 2.27. The van der Waals surface area contributed by atoms with Crippen LogP contribution < -0.4 is 0 Å². The average Bonchev–Trinajstić information content (AvgIpc) is 3.10. The van der Waals surface area contributed by atoms with Gasteiger partial charge in [0.25, 0.3) is 0 Å². The molecule has 0 spiro atoms. The third-order valence-electron chi connectivity index (χ3n) is 3.68. The van der Waals surface area contributed by atoms with Crippen molar-refractivity contribution in [1.82, 2.24) is 4.31 Å². The van der Waals surface area contributed by atoms with Gasteiger partial charge in [0.2, 0.25) is 10.0 Å². The Hall–Kier alpha value is -2.20. The summed E-state index contributed by atoms with van der Waals surface area (Å²) >= 11 is 7.18. The Labute approximate surface area is 172 Å². The van der Waals surface area contributed by atoms with Crippen LogP contribution >= 0.6 is 22.9 Å². The highest BCUT2D eigenvalue weighted by Crippen LogP contribution is 2.26. The topological polar surface area (TPSA) is 90.0 Å². The lowest BCUT2D eigenvalue weighted by molar-refractivity contribution is 0.0598. The Morgan fingerprint density at radius 3 is 2.14 bits per heavy atom. The number of halogens is 1. The first-order valence-corrected chi connectivity index (χ1v) is 10.5. The SMILES string of the molecule is C=CCN(Cc1ccc(Cl)s1)S(=O)(=O)c1cc(C(=O)OC)cc(C(=O)OC)c1. The third-order valence-corrected chi connectivity index (χ3v) is 6.69. The minimum absolute atomic E-state index is 0.0217. The fraction of sp³-hybridized carbons (Fsp3) is 0.222. The number of ether oxygens (including phenoxy) is 2. The first kappa shape index (κ1) is 22.1. The molecule has 0 atom stereocenters. The molecule has 10 heteroatoms.